The van der Waals surface area contributed by atoms with Crippen LogP contribution in [0.1, 0.15) is 22.1 Å². The van der Waals surface area contributed by atoms with Crippen LogP contribution in [-0.2, 0) is 6.42 Å². The first-order chi connectivity index (χ1) is 9.56. The zero-order valence-corrected chi connectivity index (χ0v) is 15.6. The fourth-order valence-electron chi connectivity index (χ4n) is 2.36. The molecule has 20 heavy (non-hydrogen) atoms. The molecule has 1 unspecified atom stereocenters. The normalized spacial score (nSPS) is 14.8. The van der Waals surface area contributed by atoms with Crippen LogP contribution in [0.15, 0.2) is 34.8 Å². The Morgan fingerprint density at radius 3 is 2.80 bits per heavy atom. The van der Waals surface area contributed by atoms with Gasteiger partial charge in [-0.1, -0.05) is 27.5 Å². The second-order valence-electron chi connectivity index (χ2n) is 4.61. The number of hydrogen-bond donors (Lipinski definition) is 0. The van der Waals surface area contributed by atoms with Crippen LogP contribution in [0.3, 0.4) is 0 Å². The molecule has 5 heteroatoms. The molecule has 104 valence electrons. The maximum Gasteiger partial charge on any atom is 0.127 e. The lowest BCUT2D eigenvalue weighted by atomic mass is 10.0. The lowest BCUT2D eigenvalue weighted by Gasteiger charge is -2.16. The fourth-order valence-corrected chi connectivity index (χ4v) is 4.16. The molecule has 0 saturated heterocycles. The number of rotatable bonds is 2. The second kappa shape index (κ2) is 6.03. The van der Waals surface area contributed by atoms with Gasteiger partial charge in [-0.25, -0.2) is 0 Å². The number of alkyl halides is 1. The highest BCUT2D eigenvalue weighted by Gasteiger charge is 2.24. The number of halogens is 4. The largest absolute Gasteiger partial charge is 0.493 e. The minimum Gasteiger partial charge on any atom is -0.493 e. The van der Waals surface area contributed by atoms with Gasteiger partial charge in [-0.3, -0.25) is 0 Å². The van der Waals surface area contributed by atoms with Gasteiger partial charge in [0.2, 0.25) is 0 Å². The molecule has 0 saturated carbocycles. The first-order valence-corrected chi connectivity index (χ1v) is 8.79. The molecule has 0 aliphatic carbocycles. The Morgan fingerprint density at radius 2 is 2.00 bits per heavy atom. The standard InChI is InChI=1S/C15H10BrCl2IO/c16-9-1-2-13(19)11(6-9)14(18)12-7-10(17)5-8-3-4-20-15(8)12/h1-2,5-7,14H,3-4H2. The van der Waals surface area contributed by atoms with Crippen LogP contribution in [0, 0.1) is 3.57 Å². The second-order valence-corrected chi connectivity index (χ2v) is 7.56. The van der Waals surface area contributed by atoms with Gasteiger partial charge >= 0.3 is 0 Å². The third-order valence-electron chi connectivity index (χ3n) is 3.28. The predicted molar refractivity (Wildman–Crippen MR) is 95.2 cm³/mol. The van der Waals surface area contributed by atoms with E-state index in [4.69, 9.17) is 27.9 Å². The van der Waals surface area contributed by atoms with Crippen molar-refractivity contribution in [2.24, 2.45) is 0 Å². The van der Waals surface area contributed by atoms with Crippen molar-refractivity contribution in [1.29, 1.82) is 0 Å². The van der Waals surface area contributed by atoms with Crippen LogP contribution in [0.2, 0.25) is 5.02 Å². The van der Waals surface area contributed by atoms with Crippen LogP contribution >= 0.6 is 61.7 Å². The topological polar surface area (TPSA) is 9.23 Å². The molecule has 2 aromatic carbocycles. The molecule has 0 N–H and O–H groups in total. The third-order valence-corrected chi connectivity index (χ3v) is 5.45. The summed E-state index contributed by atoms with van der Waals surface area (Å²) in [7, 11) is 0. The van der Waals surface area contributed by atoms with Gasteiger partial charge in [0.1, 0.15) is 5.75 Å². The highest BCUT2D eigenvalue weighted by Crippen LogP contribution is 2.43. The number of ether oxygens (including phenoxy) is 1. The van der Waals surface area contributed by atoms with E-state index < -0.39 is 0 Å². The van der Waals surface area contributed by atoms with Crippen molar-refractivity contribution in [1.82, 2.24) is 0 Å². The van der Waals surface area contributed by atoms with E-state index in [9.17, 15) is 0 Å². The molecule has 1 aliphatic heterocycles. The van der Waals surface area contributed by atoms with Crippen LogP contribution in [0.5, 0.6) is 5.75 Å². The Balaban J connectivity index is 2.11. The zero-order chi connectivity index (χ0) is 14.3. The first kappa shape index (κ1) is 14.9. The SMILES string of the molecule is Clc1cc2c(c(C(Cl)c3cc(Br)ccc3I)c1)OCC2. The summed E-state index contributed by atoms with van der Waals surface area (Å²) in [5.41, 5.74) is 3.15. The van der Waals surface area contributed by atoms with Gasteiger partial charge in [-0.15, -0.1) is 11.6 Å². The Morgan fingerprint density at radius 1 is 1.20 bits per heavy atom. The summed E-state index contributed by atoms with van der Waals surface area (Å²) in [5.74, 6) is 0.894. The first-order valence-electron chi connectivity index (χ1n) is 6.10. The van der Waals surface area contributed by atoms with E-state index in [1.807, 2.05) is 30.3 Å². The van der Waals surface area contributed by atoms with E-state index in [2.05, 4.69) is 38.5 Å². The molecule has 0 amide bonds. The van der Waals surface area contributed by atoms with Crippen molar-refractivity contribution >= 4 is 61.7 Å². The van der Waals surface area contributed by atoms with Crippen molar-refractivity contribution in [3.05, 3.63) is 60.1 Å². The third kappa shape index (κ3) is 2.82. The molecule has 0 radical (unpaired) electrons. The fraction of sp³-hybridized carbons (Fsp3) is 0.200. The van der Waals surface area contributed by atoms with Gasteiger partial charge in [-0.2, -0.15) is 0 Å². The van der Waals surface area contributed by atoms with Crippen molar-refractivity contribution in [3.63, 3.8) is 0 Å². The van der Waals surface area contributed by atoms with Gasteiger partial charge < -0.3 is 4.74 Å². The maximum atomic E-state index is 6.70. The van der Waals surface area contributed by atoms with Gasteiger partial charge in [0.25, 0.3) is 0 Å². The van der Waals surface area contributed by atoms with Gasteiger partial charge in [-0.05, 0) is 64.0 Å². The molecule has 0 fully saturated rings. The smallest absolute Gasteiger partial charge is 0.127 e. The van der Waals surface area contributed by atoms with Gasteiger partial charge in [0.05, 0.1) is 12.0 Å². The van der Waals surface area contributed by atoms with Crippen molar-refractivity contribution in [2.75, 3.05) is 6.61 Å². The molecule has 1 atom stereocenters. The lowest BCUT2D eigenvalue weighted by molar-refractivity contribution is 0.353. The lowest BCUT2D eigenvalue weighted by Crippen LogP contribution is -2.00. The average molecular weight is 484 g/mol. The van der Waals surface area contributed by atoms with Gasteiger partial charge in [0, 0.05) is 25.0 Å². The molecule has 0 bridgehead atoms. The monoisotopic (exact) mass is 482 g/mol. The van der Waals surface area contributed by atoms with Crippen molar-refractivity contribution in [3.8, 4) is 5.75 Å². The summed E-state index contributed by atoms with van der Waals surface area (Å²) >= 11 is 18.7. The maximum absolute atomic E-state index is 6.70. The van der Waals surface area contributed by atoms with E-state index in [1.165, 1.54) is 0 Å². The molecule has 1 heterocycles. The molecular formula is C15H10BrCl2IO. The zero-order valence-electron chi connectivity index (χ0n) is 10.3. The molecule has 0 spiro atoms. The highest BCUT2D eigenvalue weighted by atomic mass is 127. The quantitative estimate of drug-likeness (QED) is 0.378. The van der Waals surface area contributed by atoms with Crippen LogP contribution in [0.25, 0.3) is 0 Å². The Labute approximate surface area is 149 Å². The van der Waals surface area contributed by atoms with Crippen LogP contribution in [-0.4, -0.2) is 6.61 Å². The minimum absolute atomic E-state index is 0.273. The van der Waals surface area contributed by atoms with E-state index in [1.54, 1.807) is 0 Å². The van der Waals surface area contributed by atoms with Crippen LogP contribution < -0.4 is 4.74 Å². The minimum atomic E-state index is -0.273. The molecule has 3 rings (SSSR count). The van der Waals surface area contributed by atoms with E-state index in [-0.39, 0.29) is 5.38 Å². The van der Waals surface area contributed by atoms with E-state index >= 15 is 0 Å². The molecule has 1 aliphatic rings. The molecular weight excluding hydrogens is 474 g/mol. The average Bonchev–Trinajstić information content (AvgIpc) is 2.87. The molecule has 1 nitrogen and oxygen atoms in total. The Kier molecular flexibility index (Phi) is 4.51. The summed E-state index contributed by atoms with van der Waals surface area (Å²) in [5, 5.41) is 0.435. The molecule has 0 aromatic heterocycles. The van der Waals surface area contributed by atoms with Gasteiger partial charge in [0.15, 0.2) is 0 Å². The van der Waals surface area contributed by atoms with Crippen LogP contribution in [0.4, 0.5) is 0 Å². The Hall–Kier alpha value is 0.0300. The number of benzene rings is 2. The highest BCUT2D eigenvalue weighted by molar-refractivity contribution is 14.1. The van der Waals surface area contributed by atoms with E-state index in [0.29, 0.717) is 11.6 Å². The summed E-state index contributed by atoms with van der Waals surface area (Å²) in [6.45, 7) is 0.696. The number of hydrogen-bond acceptors (Lipinski definition) is 1. The Bertz CT molecular complexity index is 675. The number of fused-ring (bicyclic) bond motifs is 1. The summed E-state index contributed by atoms with van der Waals surface area (Å²) in [4.78, 5) is 0. The van der Waals surface area contributed by atoms with Crippen molar-refractivity contribution in [2.45, 2.75) is 11.8 Å². The summed E-state index contributed by atoms with van der Waals surface area (Å²) < 4.78 is 7.87. The predicted octanol–water partition coefficient (Wildman–Crippen LogP) is 5.97. The summed E-state index contributed by atoms with van der Waals surface area (Å²) in [6, 6.07) is 9.96. The molecule has 2 aromatic rings. The van der Waals surface area contributed by atoms with Crippen molar-refractivity contribution < 1.29 is 4.74 Å². The van der Waals surface area contributed by atoms with E-state index in [0.717, 1.165) is 36.9 Å². The summed E-state index contributed by atoms with van der Waals surface area (Å²) in [6.07, 6.45) is 0.891.